The number of phenolic OH excluding ortho intramolecular Hbond substituents is 1. The maximum absolute atomic E-state index is 12.9. The highest BCUT2D eigenvalue weighted by Gasteiger charge is 2.23. The van der Waals surface area contributed by atoms with Crippen LogP contribution in [0.3, 0.4) is 0 Å². The van der Waals surface area contributed by atoms with E-state index >= 15 is 0 Å². The average Bonchev–Trinajstić information content (AvgIpc) is 2.75. The van der Waals surface area contributed by atoms with E-state index in [1.54, 1.807) is 32.6 Å². The lowest BCUT2D eigenvalue weighted by Gasteiger charge is -2.18. The zero-order valence-electron chi connectivity index (χ0n) is 16.8. The third kappa shape index (κ3) is 3.79. The van der Waals surface area contributed by atoms with Gasteiger partial charge in [-0.15, -0.1) is 0 Å². The summed E-state index contributed by atoms with van der Waals surface area (Å²) in [5.41, 5.74) is 3.48. The molecule has 1 aliphatic rings. The summed E-state index contributed by atoms with van der Waals surface area (Å²) >= 11 is 0. The minimum absolute atomic E-state index is 0. The van der Waals surface area contributed by atoms with Gasteiger partial charge in [-0.25, -0.2) is 0 Å². The molecule has 156 valence electrons. The van der Waals surface area contributed by atoms with E-state index in [2.05, 4.69) is 4.99 Å². The van der Waals surface area contributed by atoms with Crippen LogP contribution in [0.15, 0.2) is 56.9 Å². The molecule has 3 N–H and O–H groups in total. The average molecular weight is 409 g/mol. The number of ether oxygens (including phenoxy) is 2. The van der Waals surface area contributed by atoms with E-state index in [9.17, 15) is 9.90 Å². The monoisotopic (exact) mass is 409 g/mol. The van der Waals surface area contributed by atoms with Crippen LogP contribution in [0.4, 0.5) is 0 Å². The lowest BCUT2D eigenvalue weighted by atomic mass is 9.88. The molecule has 0 aliphatic heterocycles. The smallest absolute Gasteiger partial charge is 0.197 e. The molecule has 0 saturated carbocycles. The van der Waals surface area contributed by atoms with Gasteiger partial charge in [-0.3, -0.25) is 9.79 Å². The molecule has 0 atom stereocenters. The highest BCUT2D eigenvalue weighted by atomic mass is 16.5. The number of phenols is 1. The predicted octanol–water partition coefficient (Wildman–Crippen LogP) is 2.92. The SMILES string of the molecule is COc1ccc(CN=Cc2coc3c(c2=O)CCc2c(O)cccc2-3)cc1OC.O. The maximum Gasteiger partial charge on any atom is 0.197 e. The van der Waals surface area contributed by atoms with Crippen LogP contribution in [0.1, 0.15) is 22.3 Å². The van der Waals surface area contributed by atoms with Crippen molar-refractivity contribution in [3.05, 3.63) is 75.1 Å². The molecule has 4 rings (SSSR count). The van der Waals surface area contributed by atoms with Gasteiger partial charge in [0.25, 0.3) is 0 Å². The third-order valence-corrected chi connectivity index (χ3v) is 5.09. The summed E-state index contributed by atoms with van der Waals surface area (Å²) in [7, 11) is 3.17. The minimum Gasteiger partial charge on any atom is -0.508 e. The Balaban J connectivity index is 0.00000256. The van der Waals surface area contributed by atoms with Crippen molar-refractivity contribution >= 4 is 6.21 Å². The molecule has 7 heteroatoms. The van der Waals surface area contributed by atoms with Crippen LogP contribution in [0.2, 0.25) is 0 Å². The van der Waals surface area contributed by atoms with Gasteiger partial charge in [0, 0.05) is 22.9 Å². The van der Waals surface area contributed by atoms with Crippen LogP contribution >= 0.6 is 0 Å². The Morgan fingerprint density at radius 1 is 1.10 bits per heavy atom. The summed E-state index contributed by atoms with van der Waals surface area (Å²) in [4.78, 5) is 17.3. The molecule has 1 aromatic heterocycles. The number of hydrogen-bond acceptors (Lipinski definition) is 6. The number of aromatic hydroxyl groups is 1. The molecule has 0 radical (unpaired) electrons. The van der Waals surface area contributed by atoms with E-state index in [0.717, 1.165) is 16.7 Å². The van der Waals surface area contributed by atoms with Crippen molar-refractivity contribution in [3.63, 3.8) is 0 Å². The van der Waals surface area contributed by atoms with Gasteiger partial charge in [-0.1, -0.05) is 18.2 Å². The van der Waals surface area contributed by atoms with E-state index < -0.39 is 0 Å². The Morgan fingerprint density at radius 3 is 2.63 bits per heavy atom. The van der Waals surface area contributed by atoms with Gasteiger partial charge in [-0.2, -0.15) is 0 Å². The van der Waals surface area contributed by atoms with Crippen LogP contribution in [0.25, 0.3) is 11.3 Å². The van der Waals surface area contributed by atoms with Gasteiger partial charge in [0.1, 0.15) is 17.8 Å². The molecule has 1 heterocycles. The molecule has 1 aliphatic carbocycles. The molecule has 0 spiro atoms. The van der Waals surface area contributed by atoms with E-state index in [4.69, 9.17) is 13.9 Å². The van der Waals surface area contributed by atoms with Crippen molar-refractivity contribution in [1.82, 2.24) is 0 Å². The second-order valence-electron chi connectivity index (χ2n) is 6.79. The van der Waals surface area contributed by atoms with Crippen LogP contribution in [0.5, 0.6) is 17.2 Å². The lowest BCUT2D eigenvalue weighted by molar-refractivity contribution is 0.354. The highest BCUT2D eigenvalue weighted by Crippen LogP contribution is 2.36. The second-order valence-corrected chi connectivity index (χ2v) is 6.79. The van der Waals surface area contributed by atoms with Crippen molar-refractivity contribution in [1.29, 1.82) is 0 Å². The molecule has 0 saturated heterocycles. The molecular formula is C23H23NO6. The molecule has 3 aromatic rings. The van der Waals surface area contributed by atoms with Gasteiger partial charge in [0.2, 0.25) is 0 Å². The fourth-order valence-electron chi connectivity index (χ4n) is 3.60. The predicted molar refractivity (Wildman–Crippen MR) is 114 cm³/mol. The number of benzene rings is 2. The van der Waals surface area contributed by atoms with Gasteiger partial charge in [-0.05, 0) is 36.6 Å². The minimum atomic E-state index is -0.0868. The fraction of sp³-hybridized carbons (Fsp3) is 0.217. The first-order valence-electron chi connectivity index (χ1n) is 9.29. The van der Waals surface area contributed by atoms with Crippen LogP contribution in [-0.2, 0) is 19.4 Å². The van der Waals surface area contributed by atoms with Gasteiger partial charge >= 0.3 is 0 Å². The summed E-state index contributed by atoms with van der Waals surface area (Å²) in [5.74, 6) is 2.05. The standard InChI is InChI=1S/C23H21NO5.H2O/c1-27-20-9-6-14(10-21(20)28-2)11-24-12-15-13-29-23-17-4-3-5-19(25)16(17)7-8-18(23)22(15)26;/h3-6,9-10,12-13,25H,7-8,11H2,1-2H3;1H2. The molecule has 30 heavy (non-hydrogen) atoms. The Hall–Kier alpha value is -3.58. The summed E-state index contributed by atoms with van der Waals surface area (Å²) in [6.45, 7) is 0.396. The summed E-state index contributed by atoms with van der Waals surface area (Å²) in [5, 5.41) is 10.0. The van der Waals surface area contributed by atoms with Crippen LogP contribution in [0, 0.1) is 0 Å². The summed E-state index contributed by atoms with van der Waals surface area (Å²) in [6, 6.07) is 10.8. The Labute approximate surface area is 173 Å². The Bertz CT molecular complexity index is 1150. The number of fused-ring (bicyclic) bond motifs is 3. The second kappa shape index (κ2) is 8.84. The molecular weight excluding hydrogens is 386 g/mol. The third-order valence-electron chi connectivity index (χ3n) is 5.09. The van der Waals surface area contributed by atoms with Crippen molar-refractivity contribution in [2.45, 2.75) is 19.4 Å². The van der Waals surface area contributed by atoms with Gasteiger partial charge < -0.3 is 24.5 Å². The quantitative estimate of drug-likeness (QED) is 0.651. The largest absolute Gasteiger partial charge is 0.508 e. The topological polar surface area (TPSA) is 113 Å². The first-order valence-corrected chi connectivity index (χ1v) is 9.29. The number of hydrogen-bond donors (Lipinski definition) is 1. The van der Waals surface area contributed by atoms with Crippen LogP contribution < -0.4 is 14.9 Å². The van der Waals surface area contributed by atoms with E-state index in [1.165, 1.54) is 6.26 Å². The zero-order valence-corrected chi connectivity index (χ0v) is 16.8. The number of rotatable bonds is 5. The fourth-order valence-corrected chi connectivity index (χ4v) is 3.60. The molecule has 0 unspecified atom stereocenters. The molecule has 7 nitrogen and oxygen atoms in total. The zero-order chi connectivity index (χ0) is 20.4. The molecule has 2 aromatic carbocycles. The first kappa shape index (κ1) is 21.1. The Kier molecular flexibility index (Phi) is 6.23. The summed E-state index contributed by atoms with van der Waals surface area (Å²) < 4.78 is 16.3. The highest BCUT2D eigenvalue weighted by molar-refractivity contribution is 5.81. The molecule has 0 fully saturated rings. The number of methoxy groups -OCH3 is 2. The number of nitrogens with zero attached hydrogens (tertiary/aromatic N) is 1. The van der Waals surface area contributed by atoms with Crippen molar-refractivity contribution in [2.24, 2.45) is 4.99 Å². The van der Waals surface area contributed by atoms with E-state index in [1.807, 2.05) is 24.3 Å². The lowest BCUT2D eigenvalue weighted by Crippen LogP contribution is -2.19. The van der Waals surface area contributed by atoms with E-state index in [-0.39, 0.29) is 16.7 Å². The number of aliphatic imine (C=N–C) groups is 1. The van der Waals surface area contributed by atoms with Crippen molar-refractivity contribution in [3.8, 4) is 28.6 Å². The van der Waals surface area contributed by atoms with E-state index in [0.29, 0.717) is 47.8 Å². The summed E-state index contributed by atoms with van der Waals surface area (Å²) in [6.07, 6.45) is 4.10. The maximum atomic E-state index is 12.9. The van der Waals surface area contributed by atoms with Gasteiger partial charge in [0.15, 0.2) is 16.9 Å². The van der Waals surface area contributed by atoms with Crippen molar-refractivity contribution < 1.29 is 24.5 Å². The van der Waals surface area contributed by atoms with Crippen LogP contribution in [-0.4, -0.2) is 31.0 Å². The first-order chi connectivity index (χ1) is 14.1. The Morgan fingerprint density at radius 2 is 1.87 bits per heavy atom. The van der Waals surface area contributed by atoms with Gasteiger partial charge in [0.05, 0.1) is 26.3 Å². The van der Waals surface area contributed by atoms with Crippen molar-refractivity contribution in [2.75, 3.05) is 14.2 Å². The molecule has 0 bridgehead atoms. The molecule has 0 amide bonds. The normalized spacial score (nSPS) is 12.1.